The van der Waals surface area contributed by atoms with Gasteiger partial charge in [0.25, 0.3) is 5.91 Å². The van der Waals surface area contributed by atoms with Crippen LogP contribution < -0.4 is 16.2 Å². The molecule has 146 valence electrons. The number of hydrazone groups is 1. The Balaban J connectivity index is 1.82. The number of carbonyl (C=O) groups excluding carboxylic acids is 1. The fourth-order valence-electron chi connectivity index (χ4n) is 3.31. The molecule has 0 aromatic rings. The van der Waals surface area contributed by atoms with E-state index in [1.165, 1.54) is 11.2 Å². The van der Waals surface area contributed by atoms with Crippen molar-refractivity contribution in [2.75, 3.05) is 13.2 Å². The number of hydrogen-bond acceptors (Lipinski definition) is 7. The maximum atomic E-state index is 14.5. The number of rotatable bonds is 6. The molecule has 11 heteroatoms. The third-order valence-corrected chi connectivity index (χ3v) is 5.77. The molecular weight excluding hydrogens is 463 g/mol. The summed E-state index contributed by atoms with van der Waals surface area (Å²) in [7, 11) is 0. The molecule has 0 bridgehead atoms. The van der Waals surface area contributed by atoms with Crippen molar-refractivity contribution in [3.63, 3.8) is 0 Å². The Morgan fingerprint density at radius 2 is 2.27 bits per heavy atom. The second kappa shape index (κ2) is 8.65. The summed E-state index contributed by atoms with van der Waals surface area (Å²) in [4.78, 5) is 18.7. The van der Waals surface area contributed by atoms with E-state index in [1.54, 1.807) is 0 Å². The zero-order chi connectivity index (χ0) is 18.7. The number of aliphatic hydroxyl groups is 1. The monoisotopic (exact) mass is 485 g/mol. The summed E-state index contributed by atoms with van der Waals surface area (Å²) in [6.07, 6.45) is 0.00490. The minimum Gasteiger partial charge on any atom is -0.394 e. The first kappa shape index (κ1) is 19.5. The largest absolute Gasteiger partial charge is 0.394 e. The summed E-state index contributed by atoms with van der Waals surface area (Å²) in [5, 5.41) is 15.7. The van der Waals surface area contributed by atoms with Crippen molar-refractivity contribution in [1.29, 1.82) is 0 Å². The highest BCUT2D eigenvalue weighted by Crippen LogP contribution is 2.32. The third-order valence-electron chi connectivity index (χ3n) is 4.64. The van der Waals surface area contributed by atoms with Gasteiger partial charge in [-0.1, -0.05) is 22.6 Å². The normalized spacial score (nSPS) is 33.7. The number of hydroxylamine groups is 1. The van der Waals surface area contributed by atoms with Gasteiger partial charge >= 0.3 is 0 Å². The number of alkyl halides is 3. The van der Waals surface area contributed by atoms with Gasteiger partial charge in [0.05, 0.1) is 24.8 Å². The lowest BCUT2D eigenvalue weighted by Gasteiger charge is -2.39. The van der Waals surface area contributed by atoms with Gasteiger partial charge in [0.2, 0.25) is 0 Å². The smallest absolute Gasteiger partial charge is 0.274 e. The Kier molecular flexibility index (Phi) is 6.51. The van der Waals surface area contributed by atoms with Crippen LogP contribution in [-0.2, 0) is 9.63 Å². The van der Waals surface area contributed by atoms with Gasteiger partial charge in [-0.25, -0.2) is 14.3 Å². The Morgan fingerprint density at radius 3 is 3.00 bits per heavy atom. The van der Waals surface area contributed by atoms with E-state index in [2.05, 4.69) is 43.9 Å². The van der Waals surface area contributed by atoms with Gasteiger partial charge in [-0.2, -0.15) is 5.10 Å². The first-order valence-electron chi connectivity index (χ1n) is 8.53. The van der Waals surface area contributed by atoms with Crippen LogP contribution in [0.25, 0.3) is 0 Å². The molecule has 1 saturated carbocycles. The zero-order valence-corrected chi connectivity index (χ0v) is 16.2. The van der Waals surface area contributed by atoms with E-state index < -0.39 is 30.5 Å². The van der Waals surface area contributed by atoms with Crippen LogP contribution in [-0.4, -0.2) is 63.9 Å². The first-order chi connectivity index (χ1) is 12.5. The molecular formula is C15H22F2IN5O3. The molecule has 1 fully saturated rings. The Labute approximate surface area is 163 Å². The zero-order valence-electron chi connectivity index (χ0n) is 14.0. The fraction of sp³-hybridized carbons (Fsp3) is 0.733. The second-order valence-corrected chi connectivity index (χ2v) is 8.22. The molecule has 4 N–H and O–H groups in total. The lowest BCUT2D eigenvalue weighted by Crippen LogP contribution is -2.55. The molecule has 2 heterocycles. The molecule has 3 aliphatic rings. The standard InChI is InChI=1S/C15H22F2IN5O3/c16-10-5-8(18)1-2-12(10)20-13-9(15(25)22-26-4-3-24)6-11(17)14-21-19-7-23(13)14/h7-8,10-12,14,20-21,24H,1-6H2,(H,22,25). The molecule has 1 amide bonds. The molecule has 2 aliphatic heterocycles. The number of aliphatic hydroxyl groups excluding tert-OH is 1. The van der Waals surface area contributed by atoms with Crippen molar-refractivity contribution in [2.24, 2.45) is 5.10 Å². The summed E-state index contributed by atoms with van der Waals surface area (Å²) < 4.78 is 29.2. The van der Waals surface area contributed by atoms with Gasteiger partial charge < -0.3 is 10.4 Å². The molecule has 0 aromatic heterocycles. The van der Waals surface area contributed by atoms with Crippen LogP contribution >= 0.6 is 22.6 Å². The van der Waals surface area contributed by atoms with Gasteiger partial charge in [0.1, 0.15) is 24.5 Å². The van der Waals surface area contributed by atoms with E-state index in [0.29, 0.717) is 18.7 Å². The van der Waals surface area contributed by atoms with Crippen molar-refractivity contribution in [2.45, 2.75) is 54.2 Å². The molecule has 3 rings (SSSR count). The van der Waals surface area contributed by atoms with Gasteiger partial charge in [0, 0.05) is 10.3 Å². The minimum atomic E-state index is -1.37. The van der Waals surface area contributed by atoms with Crippen LogP contribution in [0.2, 0.25) is 0 Å². The van der Waals surface area contributed by atoms with Crippen LogP contribution in [0.3, 0.4) is 0 Å². The summed E-state index contributed by atoms with van der Waals surface area (Å²) in [6, 6.07) is -0.456. The third kappa shape index (κ3) is 4.19. The Hall–Kier alpha value is -1.21. The van der Waals surface area contributed by atoms with Gasteiger partial charge in [-0.15, -0.1) is 0 Å². The van der Waals surface area contributed by atoms with Gasteiger partial charge in [-0.05, 0) is 19.3 Å². The molecule has 0 radical (unpaired) electrons. The predicted octanol–water partition coefficient (Wildman–Crippen LogP) is 0.438. The number of carbonyl (C=O) groups is 1. The summed E-state index contributed by atoms with van der Waals surface area (Å²) in [5.41, 5.74) is 4.98. The van der Waals surface area contributed by atoms with E-state index >= 15 is 0 Å². The van der Waals surface area contributed by atoms with Crippen LogP contribution in [0.1, 0.15) is 25.7 Å². The average molecular weight is 485 g/mol. The quantitative estimate of drug-likeness (QED) is 0.189. The van der Waals surface area contributed by atoms with E-state index in [1.807, 2.05) is 0 Å². The van der Waals surface area contributed by atoms with Gasteiger partial charge in [0.15, 0.2) is 6.17 Å². The highest BCUT2D eigenvalue weighted by atomic mass is 127. The first-order valence-corrected chi connectivity index (χ1v) is 9.77. The summed E-state index contributed by atoms with van der Waals surface area (Å²) in [5.74, 6) is -0.289. The van der Waals surface area contributed by atoms with E-state index in [4.69, 9.17) is 9.94 Å². The summed E-state index contributed by atoms with van der Waals surface area (Å²) in [6.45, 7) is -0.341. The maximum Gasteiger partial charge on any atom is 0.274 e. The SMILES string of the molecule is O=C(NOCCO)C1=C(NC2CCC(I)CC2F)N2C=NNC2C(F)C1. The second-order valence-electron chi connectivity index (χ2n) is 6.45. The number of hydrogen-bond donors (Lipinski definition) is 4. The van der Waals surface area contributed by atoms with Crippen LogP contribution in [0.4, 0.5) is 8.78 Å². The molecule has 0 aromatic carbocycles. The number of amides is 1. The predicted molar refractivity (Wildman–Crippen MR) is 98.5 cm³/mol. The molecule has 0 saturated heterocycles. The van der Waals surface area contributed by atoms with E-state index in [-0.39, 0.29) is 29.1 Å². The highest BCUT2D eigenvalue weighted by molar-refractivity contribution is 14.1. The van der Waals surface area contributed by atoms with Crippen LogP contribution in [0.5, 0.6) is 0 Å². The van der Waals surface area contributed by atoms with Crippen molar-refractivity contribution in [1.82, 2.24) is 21.1 Å². The fourth-order valence-corrected chi connectivity index (χ4v) is 4.15. The molecule has 5 atom stereocenters. The molecule has 1 aliphatic carbocycles. The average Bonchev–Trinajstić information content (AvgIpc) is 3.09. The number of nitrogens with zero attached hydrogens (tertiary/aromatic N) is 2. The number of nitrogens with one attached hydrogen (secondary N) is 3. The van der Waals surface area contributed by atoms with E-state index in [9.17, 15) is 13.6 Å². The highest BCUT2D eigenvalue weighted by Gasteiger charge is 2.42. The lowest BCUT2D eigenvalue weighted by atomic mass is 9.92. The minimum absolute atomic E-state index is 0.0809. The van der Waals surface area contributed by atoms with Gasteiger partial charge in [-0.3, -0.25) is 20.0 Å². The van der Waals surface area contributed by atoms with E-state index in [0.717, 1.165) is 6.42 Å². The number of fused-ring (bicyclic) bond motifs is 1. The molecule has 5 unspecified atom stereocenters. The van der Waals surface area contributed by atoms with Crippen molar-refractivity contribution in [3.05, 3.63) is 11.4 Å². The summed E-state index contributed by atoms with van der Waals surface area (Å²) >= 11 is 2.24. The maximum absolute atomic E-state index is 14.5. The van der Waals surface area contributed by atoms with Crippen molar-refractivity contribution < 1.29 is 23.5 Å². The van der Waals surface area contributed by atoms with Crippen LogP contribution in [0, 0.1) is 0 Å². The Morgan fingerprint density at radius 1 is 1.46 bits per heavy atom. The molecule has 8 nitrogen and oxygen atoms in total. The lowest BCUT2D eigenvalue weighted by molar-refractivity contribution is -0.131. The number of halogens is 3. The molecule has 0 spiro atoms. The van der Waals surface area contributed by atoms with Crippen molar-refractivity contribution >= 4 is 34.8 Å². The Bertz CT molecular complexity index is 594. The van der Waals surface area contributed by atoms with Crippen LogP contribution in [0.15, 0.2) is 16.5 Å². The molecule has 26 heavy (non-hydrogen) atoms. The van der Waals surface area contributed by atoms with Crippen molar-refractivity contribution in [3.8, 4) is 0 Å². The topological polar surface area (TPSA) is 98.2 Å².